The standard InChI is InChI=1S/C28H29NO/c1-22(2)27(23-11-7-5-8-12-23)21-28(24-13-9-6-10-14-24)25-15-17-26(18-16-25)30-20-19-29(3)4/h5-18H,1,19-20H2,2-4H3. The third-order valence-electron chi connectivity index (χ3n) is 4.75. The Balaban J connectivity index is 2.06. The molecule has 2 nitrogen and oxygen atoms in total. The molecule has 30 heavy (non-hydrogen) atoms. The van der Waals surface area contributed by atoms with Gasteiger partial charge in [-0.1, -0.05) is 79.4 Å². The number of hydrogen-bond acceptors (Lipinski definition) is 2. The van der Waals surface area contributed by atoms with Crippen molar-refractivity contribution in [1.82, 2.24) is 4.90 Å². The number of rotatable bonds is 8. The van der Waals surface area contributed by atoms with E-state index in [0.29, 0.717) is 6.61 Å². The Labute approximate surface area is 180 Å². The third kappa shape index (κ3) is 5.84. The lowest BCUT2D eigenvalue weighted by Crippen LogP contribution is -2.19. The summed E-state index contributed by atoms with van der Waals surface area (Å²) >= 11 is 0. The van der Waals surface area contributed by atoms with Crippen LogP contribution < -0.4 is 4.74 Å². The molecule has 0 aliphatic heterocycles. The molecule has 0 atom stereocenters. The quantitative estimate of drug-likeness (QED) is 0.327. The molecule has 0 aliphatic rings. The summed E-state index contributed by atoms with van der Waals surface area (Å²) in [6.45, 7) is 7.78. The van der Waals surface area contributed by atoms with Crippen LogP contribution in [0.3, 0.4) is 0 Å². The monoisotopic (exact) mass is 395 g/mol. The lowest BCUT2D eigenvalue weighted by atomic mass is 9.94. The first kappa shape index (κ1) is 21.4. The molecule has 2 heteroatoms. The lowest BCUT2D eigenvalue weighted by Gasteiger charge is -2.12. The van der Waals surface area contributed by atoms with Crippen LogP contribution in [0.2, 0.25) is 0 Å². The highest BCUT2D eigenvalue weighted by molar-refractivity contribution is 5.87. The fourth-order valence-corrected chi connectivity index (χ4v) is 3.13. The first-order valence-electron chi connectivity index (χ1n) is 10.2. The van der Waals surface area contributed by atoms with Gasteiger partial charge in [0.15, 0.2) is 0 Å². The second-order valence-electron chi connectivity index (χ2n) is 7.56. The SMILES string of the molecule is C=C(C)C(=C=C(c1ccccc1)c1ccc(OCCN(C)C)cc1)c1ccccc1. The normalized spacial score (nSPS) is 10.4. The van der Waals surface area contributed by atoms with Crippen LogP contribution in [0.5, 0.6) is 5.75 Å². The minimum atomic E-state index is 0.668. The molecule has 152 valence electrons. The summed E-state index contributed by atoms with van der Waals surface area (Å²) < 4.78 is 5.86. The van der Waals surface area contributed by atoms with Crippen LogP contribution >= 0.6 is 0 Å². The van der Waals surface area contributed by atoms with Gasteiger partial charge in [0.1, 0.15) is 12.4 Å². The molecule has 0 aliphatic carbocycles. The Hall–Kier alpha value is -3.32. The molecule has 3 aromatic rings. The average molecular weight is 396 g/mol. The third-order valence-corrected chi connectivity index (χ3v) is 4.75. The van der Waals surface area contributed by atoms with Crippen molar-refractivity contribution in [2.24, 2.45) is 0 Å². The summed E-state index contributed by atoms with van der Waals surface area (Å²) in [6, 6.07) is 28.9. The summed E-state index contributed by atoms with van der Waals surface area (Å²) in [5.41, 5.74) is 10.0. The molecule has 0 heterocycles. The largest absolute Gasteiger partial charge is 0.492 e. The zero-order valence-electron chi connectivity index (χ0n) is 18.1. The number of nitrogens with zero attached hydrogens (tertiary/aromatic N) is 1. The smallest absolute Gasteiger partial charge is 0.119 e. The molecule has 0 unspecified atom stereocenters. The van der Waals surface area contributed by atoms with Crippen molar-refractivity contribution in [2.75, 3.05) is 27.2 Å². The van der Waals surface area contributed by atoms with Crippen LogP contribution in [0.4, 0.5) is 0 Å². The van der Waals surface area contributed by atoms with Crippen LogP contribution in [0.1, 0.15) is 23.6 Å². The molecular formula is C28H29NO. The average Bonchev–Trinajstić information content (AvgIpc) is 2.76. The van der Waals surface area contributed by atoms with E-state index in [-0.39, 0.29) is 0 Å². The van der Waals surface area contributed by atoms with Gasteiger partial charge in [-0.3, -0.25) is 0 Å². The van der Waals surface area contributed by atoms with Gasteiger partial charge in [0.2, 0.25) is 0 Å². The molecule has 0 bridgehead atoms. The molecule has 3 rings (SSSR count). The van der Waals surface area contributed by atoms with E-state index in [0.717, 1.165) is 45.7 Å². The Kier molecular flexibility index (Phi) is 7.45. The van der Waals surface area contributed by atoms with Crippen LogP contribution in [-0.2, 0) is 0 Å². The van der Waals surface area contributed by atoms with Gasteiger partial charge in [-0.2, -0.15) is 0 Å². The van der Waals surface area contributed by atoms with Gasteiger partial charge in [0, 0.05) is 17.7 Å². The minimum Gasteiger partial charge on any atom is -0.492 e. The van der Waals surface area contributed by atoms with Gasteiger partial charge in [0.25, 0.3) is 0 Å². The van der Waals surface area contributed by atoms with E-state index in [4.69, 9.17) is 4.74 Å². The van der Waals surface area contributed by atoms with E-state index in [9.17, 15) is 0 Å². The second-order valence-corrected chi connectivity index (χ2v) is 7.56. The van der Waals surface area contributed by atoms with Crippen molar-refractivity contribution >= 4 is 11.1 Å². The lowest BCUT2D eigenvalue weighted by molar-refractivity contribution is 0.261. The summed E-state index contributed by atoms with van der Waals surface area (Å²) in [5, 5.41) is 0. The van der Waals surface area contributed by atoms with E-state index in [1.807, 2.05) is 57.4 Å². The molecule has 0 saturated carbocycles. The van der Waals surface area contributed by atoms with Crippen LogP contribution in [0.15, 0.2) is 103 Å². The summed E-state index contributed by atoms with van der Waals surface area (Å²) in [5.74, 6) is 0.875. The first-order valence-corrected chi connectivity index (χ1v) is 10.2. The Bertz CT molecular complexity index is 1030. The summed E-state index contributed by atoms with van der Waals surface area (Å²) in [6.07, 6.45) is 0. The molecule has 0 amide bonds. The summed E-state index contributed by atoms with van der Waals surface area (Å²) in [4.78, 5) is 2.11. The van der Waals surface area contributed by atoms with Gasteiger partial charge < -0.3 is 9.64 Å². The van der Waals surface area contributed by atoms with E-state index in [2.05, 4.69) is 65.7 Å². The van der Waals surface area contributed by atoms with Crippen LogP contribution in [0, 0.1) is 0 Å². The van der Waals surface area contributed by atoms with Gasteiger partial charge in [-0.25, -0.2) is 0 Å². The molecular weight excluding hydrogens is 366 g/mol. The molecule has 0 spiro atoms. The number of hydrogen-bond donors (Lipinski definition) is 0. The Morgan fingerprint density at radius 1 is 0.800 bits per heavy atom. The van der Waals surface area contributed by atoms with Crippen LogP contribution in [-0.4, -0.2) is 32.1 Å². The zero-order chi connectivity index (χ0) is 21.3. The van der Waals surface area contributed by atoms with Crippen molar-refractivity contribution < 1.29 is 4.74 Å². The van der Waals surface area contributed by atoms with Gasteiger partial charge in [-0.15, -0.1) is 5.73 Å². The highest BCUT2D eigenvalue weighted by Crippen LogP contribution is 2.28. The van der Waals surface area contributed by atoms with Crippen molar-refractivity contribution in [3.8, 4) is 5.75 Å². The fraction of sp³-hybridized carbons (Fsp3) is 0.179. The van der Waals surface area contributed by atoms with E-state index < -0.39 is 0 Å². The highest BCUT2D eigenvalue weighted by Gasteiger charge is 2.08. The van der Waals surface area contributed by atoms with Crippen molar-refractivity contribution in [2.45, 2.75) is 6.92 Å². The van der Waals surface area contributed by atoms with Crippen molar-refractivity contribution in [1.29, 1.82) is 0 Å². The maximum absolute atomic E-state index is 5.86. The number of allylic oxidation sites excluding steroid dienone is 2. The second kappa shape index (κ2) is 10.5. The predicted molar refractivity (Wildman–Crippen MR) is 128 cm³/mol. The summed E-state index contributed by atoms with van der Waals surface area (Å²) in [7, 11) is 4.09. The van der Waals surface area contributed by atoms with Gasteiger partial charge in [-0.05, 0) is 55.4 Å². The predicted octanol–water partition coefficient (Wildman–Crippen LogP) is 6.32. The van der Waals surface area contributed by atoms with Crippen molar-refractivity contribution in [3.05, 3.63) is 120 Å². The number of ether oxygens (including phenoxy) is 1. The van der Waals surface area contributed by atoms with Gasteiger partial charge in [0.05, 0.1) is 0 Å². The fourth-order valence-electron chi connectivity index (χ4n) is 3.13. The maximum Gasteiger partial charge on any atom is 0.119 e. The number of likely N-dealkylation sites (N-methyl/N-ethyl adjacent to an activating group) is 1. The Morgan fingerprint density at radius 3 is 1.87 bits per heavy atom. The zero-order valence-corrected chi connectivity index (χ0v) is 18.1. The Morgan fingerprint density at radius 2 is 1.33 bits per heavy atom. The molecule has 3 aromatic carbocycles. The highest BCUT2D eigenvalue weighted by atomic mass is 16.5. The van der Waals surface area contributed by atoms with E-state index in [1.165, 1.54) is 0 Å². The topological polar surface area (TPSA) is 12.5 Å². The van der Waals surface area contributed by atoms with Gasteiger partial charge >= 0.3 is 0 Å². The van der Waals surface area contributed by atoms with Crippen molar-refractivity contribution in [3.63, 3.8) is 0 Å². The molecule has 0 radical (unpaired) electrons. The number of benzene rings is 3. The van der Waals surface area contributed by atoms with E-state index >= 15 is 0 Å². The molecule has 0 aromatic heterocycles. The molecule has 0 N–H and O–H groups in total. The molecule has 0 saturated heterocycles. The van der Waals surface area contributed by atoms with E-state index in [1.54, 1.807) is 0 Å². The minimum absolute atomic E-state index is 0.668. The maximum atomic E-state index is 5.86. The molecule has 0 fully saturated rings. The first-order chi connectivity index (χ1) is 14.5. The van der Waals surface area contributed by atoms with Crippen LogP contribution in [0.25, 0.3) is 11.1 Å².